The molecule has 2 aromatic carbocycles. The van der Waals surface area contributed by atoms with Gasteiger partial charge < -0.3 is 14.0 Å². The van der Waals surface area contributed by atoms with Gasteiger partial charge in [0.15, 0.2) is 0 Å². The Morgan fingerprint density at radius 1 is 0.862 bits per heavy atom. The van der Waals surface area contributed by atoms with Crippen LogP contribution in [0, 0.1) is 27.7 Å². The SMILES string of the molecule is COc1cc(C)c(S(=O)(=O)Cl)c(C)c1.COc1cc(C)cc(C)c1.O=S([O-])OCl. The maximum atomic E-state index is 11.2. The zero-order chi connectivity index (χ0) is 22.8. The van der Waals surface area contributed by atoms with E-state index in [1.807, 2.05) is 12.1 Å². The van der Waals surface area contributed by atoms with Crippen molar-refractivity contribution in [3.05, 3.63) is 52.6 Å². The third-order valence-corrected chi connectivity index (χ3v) is 5.40. The highest BCUT2D eigenvalue weighted by molar-refractivity contribution is 8.13. The summed E-state index contributed by atoms with van der Waals surface area (Å²) in [4.78, 5) is 0.167. The van der Waals surface area contributed by atoms with Gasteiger partial charge in [-0.15, -0.1) is 0 Å². The quantitative estimate of drug-likeness (QED) is 0.463. The fraction of sp³-hybridized carbons (Fsp3) is 0.333. The first-order valence-electron chi connectivity index (χ1n) is 7.96. The number of methoxy groups -OCH3 is 2. The van der Waals surface area contributed by atoms with E-state index < -0.39 is 20.4 Å². The van der Waals surface area contributed by atoms with Gasteiger partial charge in [-0.2, -0.15) is 3.74 Å². The molecule has 0 saturated heterocycles. The first-order valence-corrected chi connectivity index (χ1v) is 11.6. The van der Waals surface area contributed by atoms with Crippen LogP contribution in [0.15, 0.2) is 35.2 Å². The summed E-state index contributed by atoms with van der Waals surface area (Å²) in [6, 6.07) is 9.45. The lowest BCUT2D eigenvalue weighted by Gasteiger charge is -2.08. The van der Waals surface area contributed by atoms with E-state index >= 15 is 0 Å². The van der Waals surface area contributed by atoms with E-state index in [1.165, 1.54) is 18.2 Å². The topological polar surface area (TPSA) is 102 Å². The molecule has 0 saturated carbocycles. The number of rotatable bonds is 4. The molecule has 11 heteroatoms. The zero-order valence-electron chi connectivity index (χ0n) is 16.8. The summed E-state index contributed by atoms with van der Waals surface area (Å²) in [5, 5.41) is 0. The Morgan fingerprint density at radius 3 is 1.48 bits per heavy atom. The molecule has 0 aliphatic rings. The Labute approximate surface area is 184 Å². The summed E-state index contributed by atoms with van der Waals surface area (Å²) in [5.41, 5.74) is 3.68. The van der Waals surface area contributed by atoms with Crippen LogP contribution in [0.1, 0.15) is 22.3 Å². The summed E-state index contributed by atoms with van der Waals surface area (Å²) in [5.74, 6) is 1.57. The molecule has 1 unspecified atom stereocenters. The maximum Gasteiger partial charge on any atom is 0.261 e. The number of halogens is 2. The Kier molecular flexibility index (Phi) is 12.4. The van der Waals surface area contributed by atoms with E-state index in [0.29, 0.717) is 16.9 Å². The van der Waals surface area contributed by atoms with E-state index in [1.54, 1.807) is 33.1 Å². The number of ether oxygens (including phenoxy) is 2. The second-order valence-corrected chi connectivity index (χ2v) is 9.24. The predicted octanol–water partition coefficient (Wildman–Crippen LogP) is 4.50. The normalized spacial score (nSPS) is 11.3. The van der Waals surface area contributed by atoms with Crippen molar-refractivity contribution in [3.8, 4) is 11.5 Å². The standard InChI is InChI=1S/C9H11ClO3S.C9H12O.ClHO3S/c1-6-4-8(13-3)5-7(2)9(6)14(10,11)12;1-7-4-8(2)6-9(5-7)10-3;1-4-5(2)3/h4-5H,1-3H3;4-6H,1-3H3;(H,2,3)/p-1. The van der Waals surface area contributed by atoms with Crippen molar-refractivity contribution >= 4 is 43.0 Å². The molecule has 164 valence electrons. The van der Waals surface area contributed by atoms with Gasteiger partial charge in [0.25, 0.3) is 9.05 Å². The summed E-state index contributed by atoms with van der Waals surface area (Å²) in [6.07, 6.45) is 0. The third-order valence-electron chi connectivity index (χ3n) is 3.40. The second kappa shape index (κ2) is 13.0. The van der Waals surface area contributed by atoms with Crippen LogP contribution in [0.25, 0.3) is 0 Å². The molecule has 0 aliphatic heterocycles. The molecule has 7 nitrogen and oxygen atoms in total. The lowest BCUT2D eigenvalue weighted by molar-refractivity contribution is 0.413. The second-order valence-electron chi connectivity index (χ2n) is 5.82. The van der Waals surface area contributed by atoms with Gasteiger partial charge in [0.05, 0.1) is 31.0 Å². The average molecular weight is 486 g/mol. The molecule has 0 spiro atoms. The Hall–Kier alpha value is -1.36. The number of hydrogen-bond donors (Lipinski definition) is 0. The van der Waals surface area contributed by atoms with E-state index in [-0.39, 0.29) is 4.90 Å². The highest BCUT2D eigenvalue weighted by Crippen LogP contribution is 2.27. The summed E-state index contributed by atoms with van der Waals surface area (Å²) >= 11 is 1.67. The van der Waals surface area contributed by atoms with Crippen molar-refractivity contribution in [3.63, 3.8) is 0 Å². The first-order chi connectivity index (χ1) is 13.3. The van der Waals surface area contributed by atoms with Crippen LogP contribution >= 0.6 is 22.5 Å². The average Bonchev–Trinajstić information content (AvgIpc) is 2.59. The van der Waals surface area contributed by atoms with Crippen LogP contribution in [-0.2, 0) is 24.1 Å². The maximum absolute atomic E-state index is 11.2. The molecule has 2 aromatic rings. The Bertz CT molecular complexity index is 889. The van der Waals surface area contributed by atoms with Crippen molar-refractivity contribution in [2.45, 2.75) is 32.6 Å². The Morgan fingerprint density at radius 2 is 1.21 bits per heavy atom. The van der Waals surface area contributed by atoms with Crippen LogP contribution in [-0.4, -0.2) is 31.4 Å². The van der Waals surface area contributed by atoms with E-state index in [4.69, 9.17) is 28.9 Å². The van der Waals surface area contributed by atoms with Crippen molar-refractivity contribution < 1.29 is 30.4 Å². The Balaban J connectivity index is 0.000000455. The molecular weight excluding hydrogens is 463 g/mol. The van der Waals surface area contributed by atoms with Gasteiger partial charge in [0, 0.05) is 10.7 Å². The minimum Gasteiger partial charge on any atom is -0.749 e. The van der Waals surface area contributed by atoms with Crippen LogP contribution < -0.4 is 9.47 Å². The van der Waals surface area contributed by atoms with Crippen LogP contribution in [0.2, 0.25) is 0 Å². The molecule has 0 amide bonds. The molecule has 0 aliphatic carbocycles. The molecule has 2 rings (SSSR count). The van der Waals surface area contributed by atoms with Crippen LogP contribution in [0.4, 0.5) is 0 Å². The summed E-state index contributed by atoms with van der Waals surface area (Å²) in [6.45, 7) is 7.50. The van der Waals surface area contributed by atoms with E-state index in [2.05, 4.69) is 35.5 Å². The molecule has 0 fully saturated rings. The number of hydrogen-bond acceptors (Lipinski definition) is 7. The van der Waals surface area contributed by atoms with Crippen LogP contribution in [0.5, 0.6) is 11.5 Å². The molecule has 0 N–H and O–H groups in total. The van der Waals surface area contributed by atoms with Gasteiger partial charge in [-0.3, -0.25) is 0 Å². The number of benzene rings is 2. The van der Waals surface area contributed by atoms with Crippen molar-refractivity contribution in [1.29, 1.82) is 0 Å². The minimum atomic E-state index is -3.67. The van der Waals surface area contributed by atoms with Gasteiger partial charge in [-0.25, -0.2) is 12.6 Å². The van der Waals surface area contributed by atoms with Crippen molar-refractivity contribution in [1.82, 2.24) is 0 Å². The minimum absolute atomic E-state index is 0.167. The van der Waals surface area contributed by atoms with E-state index in [0.717, 1.165) is 5.75 Å². The van der Waals surface area contributed by atoms with Gasteiger partial charge in [0.2, 0.25) is 0 Å². The highest BCUT2D eigenvalue weighted by atomic mass is 35.7. The lowest BCUT2D eigenvalue weighted by atomic mass is 10.1. The largest absolute Gasteiger partial charge is 0.749 e. The molecule has 1 atom stereocenters. The fourth-order valence-electron chi connectivity index (χ4n) is 2.46. The molecule has 0 heterocycles. The van der Waals surface area contributed by atoms with Gasteiger partial charge in [-0.05, 0) is 74.2 Å². The third kappa shape index (κ3) is 10.8. The van der Waals surface area contributed by atoms with Gasteiger partial charge >= 0.3 is 0 Å². The summed E-state index contributed by atoms with van der Waals surface area (Å²) in [7, 11) is 4.84. The molecule has 29 heavy (non-hydrogen) atoms. The highest BCUT2D eigenvalue weighted by Gasteiger charge is 2.17. The smallest absolute Gasteiger partial charge is 0.261 e. The lowest BCUT2D eigenvalue weighted by Crippen LogP contribution is -1.99. The monoisotopic (exact) mass is 485 g/mol. The molecule has 0 aromatic heterocycles. The molecule has 0 bridgehead atoms. The van der Waals surface area contributed by atoms with Crippen molar-refractivity contribution in [2.24, 2.45) is 0 Å². The first kappa shape index (κ1) is 27.6. The molecule has 0 radical (unpaired) electrons. The van der Waals surface area contributed by atoms with E-state index in [9.17, 15) is 8.42 Å². The zero-order valence-corrected chi connectivity index (χ0v) is 20.0. The van der Waals surface area contributed by atoms with Gasteiger partial charge in [0.1, 0.15) is 22.9 Å². The van der Waals surface area contributed by atoms with Crippen LogP contribution in [0.3, 0.4) is 0 Å². The van der Waals surface area contributed by atoms with Crippen molar-refractivity contribution in [2.75, 3.05) is 14.2 Å². The number of aryl methyl sites for hydroxylation is 4. The molecular formula is C18H23Cl2O7S2-. The summed E-state index contributed by atoms with van der Waals surface area (Å²) < 4.78 is 53.6. The predicted molar refractivity (Wildman–Crippen MR) is 114 cm³/mol. The van der Waals surface area contributed by atoms with Gasteiger partial charge in [-0.1, -0.05) is 6.07 Å². The fourth-order valence-corrected chi connectivity index (χ4v) is 4.08.